The van der Waals surface area contributed by atoms with Gasteiger partial charge in [0.05, 0.1) is 20.0 Å². The minimum atomic E-state index is -0.961. The van der Waals surface area contributed by atoms with E-state index in [4.69, 9.17) is 18.6 Å². The fourth-order valence-corrected chi connectivity index (χ4v) is 4.40. The summed E-state index contributed by atoms with van der Waals surface area (Å²) in [6.07, 6.45) is 0.634. The van der Waals surface area contributed by atoms with Crippen LogP contribution in [0.5, 0.6) is 0 Å². The van der Waals surface area contributed by atoms with E-state index in [0.717, 1.165) is 0 Å². The number of carbonyl (C=O) groups excluding carboxylic acids is 3. The second-order valence-corrected chi connectivity index (χ2v) is 14.1. The first-order valence-electron chi connectivity index (χ1n) is 13.8. The molecule has 1 amide bonds. The van der Waals surface area contributed by atoms with Crippen LogP contribution in [0.3, 0.4) is 0 Å². The number of aromatic nitrogens is 1. The molecular formula is C33H41N2O7Si. The van der Waals surface area contributed by atoms with Crippen LogP contribution in [0.15, 0.2) is 36.5 Å². The summed E-state index contributed by atoms with van der Waals surface area (Å²) < 4.78 is 21.5. The minimum absolute atomic E-state index is 0.0307. The molecule has 1 atom stereocenters. The third-order valence-electron chi connectivity index (χ3n) is 5.40. The number of amides is 1. The van der Waals surface area contributed by atoms with Gasteiger partial charge in [0.1, 0.15) is 17.5 Å². The highest BCUT2D eigenvalue weighted by molar-refractivity contribution is 6.48. The molecule has 2 aromatic rings. The molecule has 1 aromatic carbocycles. The van der Waals surface area contributed by atoms with Crippen LogP contribution < -0.4 is 5.32 Å². The predicted molar refractivity (Wildman–Crippen MR) is 166 cm³/mol. The molecule has 0 aliphatic carbocycles. The summed E-state index contributed by atoms with van der Waals surface area (Å²) in [4.78, 5) is 40.4. The Balaban J connectivity index is 2.12. The third-order valence-corrected chi connectivity index (χ3v) is 6.10. The van der Waals surface area contributed by atoms with Gasteiger partial charge >= 0.3 is 18.0 Å². The Bertz CT molecular complexity index is 1420. The molecule has 0 bridgehead atoms. The quantitative estimate of drug-likeness (QED) is 0.186. The van der Waals surface area contributed by atoms with Crippen molar-refractivity contribution in [1.82, 2.24) is 4.98 Å². The summed E-state index contributed by atoms with van der Waals surface area (Å²) >= 11 is 0. The summed E-state index contributed by atoms with van der Waals surface area (Å²) in [5.41, 5.74) is 1.81. The van der Waals surface area contributed by atoms with Gasteiger partial charge in [-0.25, -0.2) is 9.78 Å². The lowest BCUT2D eigenvalue weighted by Crippen LogP contribution is -2.31. The zero-order valence-electron chi connectivity index (χ0n) is 26.5. The van der Waals surface area contributed by atoms with Gasteiger partial charge in [-0.3, -0.25) is 14.9 Å². The van der Waals surface area contributed by atoms with Crippen molar-refractivity contribution in [3.63, 3.8) is 0 Å². The Hall–Kier alpha value is -4.12. The largest absolute Gasteiger partial charge is 0.469 e. The van der Waals surface area contributed by atoms with E-state index in [1.54, 1.807) is 39.0 Å². The lowest BCUT2D eigenvalue weighted by molar-refractivity contribution is -0.141. The minimum Gasteiger partial charge on any atom is -0.469 e. The summed E-state index contributed by atoms with van der Waals surface area (Å²) in [7, 11) is 0.378. The van der Waals surface area contributed by atoms with Gasteiger partial charge in [-0.05, 0) is 80.7 Å². The molecule has 1 aromatic heterocycles. The average Bonchev–Trinajstić information content (AvgIpc) is 2.87. The first-order valence-corrected chi connectivity index (χ1v) is 16.2. The lowest BCUT2D eigenvalue weighted by atomic mass is 9.89. The number of hydrogen-bond donors (Lipinski definition) is 1. The third kappa shape index (κ3) is 14.1. The molecule has 1 radical (unpaired) electrons. The van der Waals surface area contributed by atoms with Crippen molar-refractivity contribution >= 4 is 32.9 Å². The Labute approximate surface area is 256 Å². The van der Waals surface area contributed by atoms with Gasteiger partial charge in [0.25, 0.3) is 0 Å². The number of methoxy groups -OCH3 is 1. The highest BCUT2D eigenvalue weighted by Gasteiger charge is 2.24. The van der Waals surface area contributed by atoms with Crippen molar-refractivity contribution in [2.24, 2.45) is 5.41 Å². The maximum atomic E-state index is 12.4. The lowest BCUT2D eigenvalue weighted by Gasteiger charge is -2.28. The van der Waals surface area contributed by atoms with Crippen molar-refractivity contribution < 1.29 is 33.0 Å². The van der Waals surface area contributed by atoms with Crippen molar-refractivity contribution in [2.45, 2.75) is 79.2 Å². The highest BCUT2D eigenvalue weighted by Crippen LogP contribution is 2.23. The van der Waals surface area contributed by atoms with Crippen LogP contribution in [0, 0.1) is 29.1 Å². The molecule has 0 aliphatic rings. The van der Waals surface area contributed by atoms with Crippen molar-refractivity contribution in [3.8, 4) is 23.7 Å². The zero-order chi connectivity index (χ0) is 32.2. The van der Waals surface area contributed by atoms with Crippen LogP contribution in [0.4, 0.5) is 10.6 Å². The van der Waals surface area contributed by atoms with Crippen molar-refractivity contribution in [2.75, 3.05) is 19.0 Å². The Morgan fingerprint density at radius 2 is 1.58 bits per heavy atom. The second kappa shape index (κ2) is 15.9. The summed E-state index contributed by atoms with van der Waals surface area (Å²) in [5.74, 6) is 11.7. The number of nitrogens with zero attached hydrogens (tertiary/aromatic N) is 1. The number of esters is 2. The summed E-state index contributed by atoms with van der Waals surface area (Å²) in [5, 5.41) is 2.55. The van der Waals surface area contributed by atoms with E-state index in [2.05, 4.69) is 67.8 Å². The van der Waals surface area contributed by atoms with Gasteiger partial charge in [0.2, 0.25) is 9.04 Å². The molecule has 0 spiro atoms. The van der Waals surface area contributed by atoms with E-state index in [1.165, 1.54) is 13.3 Å². The van der Waals surface area contributed by atoms with Crippen LogP contribution in [0.25, 0.3) is 0 Å². The van der Waals surface area contributed by atoms with E-state index < -0.39 is 26.7 Å². The first kappa shape index (κ1) is 35.1. The van der Waals surface area contributed by atoms with Gasteiger partial charge in [0, 0.05) is 17.3 Å². The Morgan fingerprint density at radius 1 is 0.930 bits per heavy atom. The first-order chi connectivity index (χ1) is 20.0. The highest BCUT2D eigenvalue weighted by atomic mass is 28.3. The van der Waals surface area contributed by atoms with E-state index in [1.807, 2.05) is 12.1 Å². The topological polar surface area (TPSA) is 113 Å². The normalized spacial score (nSPS) is 11.8. The molecule has 0 saturated carbocycles. The van der Waals surface area contributed by atoms with Gasteiger partial charge in [-0.2, -0.15) is 0 Å². The monoisotopic (exact) mass is 605 g/mol. The maximum Gasteiger partial charge on any atom is 0.413 e. The van der Waals surface area contributed by atoms with E-state index in [0.29, 0.717) is 22.3 Å². The van der Waals surface area contributed by atoms with Crippen LogP contribution in [-0.4, -0.2) is 57.5 Å². The summed E-state index contributed by atoms with van der Waals surface area (Å²) in [6, 6.07) is 8.66. The standard InChI is InChI=1S/C33H41N2O7Si/c1-32(2,3)27(42-43(8)9)13-12-24-17-23(18-26(19-24)22-29(36)39-7)11-10-16-40-30(37)21-25-14-15-34-28(20-25)35-31(38)41-33(4,5)6/h14-15,17-20,27H,16,21-22H2,1-9H3,(H,34,35,38). The second-order valence-electron chi connectivity index (χ2n) is 12.0. The number of pyridine rings is 1. The van der Waals surface area contributed by atoms with Gasteiger partial charge in [-0.15, -0.1) is 0 Å². The number of rotatable bonds is 8. The molecular weight excluding hydrogens is 564 g/mol. The fraction of sp³-hybridized carbons (Fsp3) is 0.455. The van der Waals surface area contributed by atoms with E-state index in [9.17, 15) is 14.4 Å². The van der Waals surface area contributed by atoms with Gasteiger partial charge in [-0.1, -0.05) is 44.5 Å². The average molecular weight is 606 g/mol. The van der Waals surface area contributed by atoms with E-state index >= 15 is 0 Å². The van der Waals surface area contributed by atoms with Crippen LogP contribution in [-0.2, 0) is 41.1 Å². The fourth-order valence-electron chi connectivity index (χ4n) is 3.52. The van der Waals surface area contributed by atoms with E-state index in [-0.39, 0.29) is 42.8 Å². The Morgan fingerprint density at radius 3 is 2.19 bits per heavy atom. The van der Waals surface area contributed by atoms with Crippen LogP contribution in [0.1, 0.15) is 63.8 Å². The molecule has 1 heterocycles. The van der Waals surface area contributed by atoms with Crippen molar-refractivity contribution in [1.29, 1.82) is 0 Å². The smallest absolute Gasteiger partial charge is 0.413 e. The predicted octanol–water partition coefficient (Wildman–Crippen LogP) is 5.32. The molecule has 1 unspecified atom stereocenters. The number of hydrogen-bond acceptors (Lipinski definition) is 8. The number of ether oxygens (including phenoxy) is 3. The molecule has 2 rings (SSSR count). The number of carbonyl (C=O) groups is 3. The molecule has 0 fully saturated rings. The van der Waals surface area contributed by atoms with Crippen LogP contribution >= 0.6 is 0 Å². The molecule has 0 saturated heterocycles. The molecule has 0 aliphatic heterocycles. The van der Waals surface area contributed by atoms with Crippen molar-refractivity contribution in [3.05, 3.63) is 58.8 Å². The molecule has 229 valence electrons. The molecule has 9 nitrogen and oxygen atoms in total. The maximum absolute atomic E-state index is 12.4. The van der Waals surface area contributed by atoms with Gasteiger partial charge in [0.15, 0.2) is 6.61 Å². The number of anilines is 1. The molecule has 10 heteroatoms. The number of nitrogens with one attached hydrogen (secondary N) is 1. The van der Waals surface area contributed by atoms with Crippen LogP contribution in [0.2, 0.25) is 13.1 Å². The molecule has 1 N–H and O–H groups in total. The summed E-state index contributed by atoms with van der Waals surface area (Å²) in [6.45, 7) is 15.5. The zero-order valence-corrected chi connectivity index (χ0v) is 27.5. The SMILES string of the molecule is COC(=O)Cc1cc(C#CCOC(=O)Cc2ccnc(NC(=O)OC(C)(C)C)c2)cc(C#CC(O[Si](C)C)C(C)(C)C)c1. The number of benzene rings is 1. The molecule has 43 heavy (non-hydrogen) atoms. The Kier molecular flexibility index (Phi) is 13.0. The van der Waals surface area contributed by atoms with Gasteiger partial charge < -0.3 is 18.6 Å².